The van der Waals surface area contributed by atoms with Crippen molar-refractivity contribution in [2.75, 3.05) is 5.73 Å². The van der Waals surface area contributed by atoms with E-state index in [9.17, 15) is 4.79 Å². The summed E-state index contributed by atoms with van der Waals surface area (Å²) in [4.78, 5) is 10.5. The Morgan fingerprint density at radius 3 is 2.93 bits per heavy atom. The number of hydrogen-bond donors (Lipinski definition) is 1. The quantitative estimate of drug-likeness (QED) is 0.720. The molecule has 4 heteroatoms. The largest absolute Gasteiger partial charge is 0.396 e. The van der Waals surface area contributed by atoms with Gasteiger partial charge in [0.05, 0.1) is 23.8 Å². The first kappa shape index (κ1) is 8.50. The molecule has 0 aliphatic rings. The van der Waals surface area contributed by atoms with Gasteiger partial charge in [0.1, 0.15) is 6.29 Å². The molecule has 0 radical (unpaired) electrons. The number of hydrogen-bond acceptors (Lipinski definition) is 3. The maximum atomic E-state index is 10.5. The first-order valence-electron chi connectivity index (χ1n) is 4.15. The van der Waals surface area contributed by atoms with Gasteiger partial charge in [0.2, 0.25) is 0 Å². The van der Waals surface area contributed by atoms with Crippen molar-refractivity contribution in [1.29, 1.82) is 0 Å². The van der Waals surface area contributed by atoms with E-state index in [4.69, 9.17) is 5.73 Å². The van der Waals surface area contributed by atoms with Crippen molar-refractivity contribution in [3.63, 3.8) is 0 Å². The third-order valence-electron chi connectivity index (χ3n) is 1.87. The van der Waals surface area contributed by atoms with E-state index in [2.05, 4.69) is 5.10 Å². The van der Waals surface area contributed by atoms with Gasteiger partial charge < -0.3 is 5.73 Å². The average molecular weight is 187 g/mol. The SMILES string of the molecule is Nc1cnn(-c2cccc(C=O)c2)c1. The zero-order valence-electron chi connectivity index (χ0n) is 7.42. The van der Waals surface area contributed by atoms with Gasteiger partial charge in [0.25, 0.3) is 0 Å². The summed E-state index contributed by atoms with van der Waals surface area (Å²) >= 11 is 0. The molecule has 70 valence electrons. The molecule has 0 atom stereocenters. The van der Waals surface area contributed by atoms with Crippen LogP contribution in [0.5, 0.6) is 0 Å². The van der Waals surface area contributed by atoms with Crippen LogP contribution in [0.4, 0.5) is 5.69 Å². The highest BCUT2D eigenvalue weighted by Crippen LogP contribution is 2.10. The Balaban J connectivity index is 2.46. The molecule has 2 rings (SSSR count). The average Bonchev–Trinajstić information content (AvgIpc) is 2.65. The highest BCUT2D eigenvalue weighted by molar-refractivity contribution is 5.75. The second-order valence-corrected chi connectivity index (χ2v) is 2.93. The third kappa shape index (κ3) is 1.50. The molecule has 0 fully saturated rings. The molecule has 1 aromatic heterocycles. The topological polar surface area (TPSA) is 60.9 Å². The van der Waals surface area contributed by atoms with Crippen LogP contribution in [0.25, 0.3) is 5.69 Å². The number of carbonyl (C=O) groups excluding carboxylic acids is 1. The molecule has 0 bridgehead atoms. The van der Waals surface area contributed by atoms with E-state index in [1.807, 2.05) is 6.07 Å². The van der Waals surface area contributed by atoms with Crippen molar-refractivity contribution in [2.24, 2.45) is 0 Å². The van der Waals surface area contributed by atoms with Crippen molar-refractivity contribution in [1.82, 2.24) is 9.78 Å². The Kier molecular flexibility index (Phi) is 2.02. The molecule has 2 aromatic rings. The molecule has 1 aromatic carbocycles. The molecule has 14 heavy (non-hydrogen) atoms. The molecule has 2 N–H and O–H groups in total. The van der Waals surface area contributed by atoms with Gasteiger partial charge in [-0.15, -0.1) is 0 Å². The minimum absolute atomic E-state index is 0.599. The van der Waals surface area contributed by atoms with E-state index in [1.165, 1.54) is 0 Å². The molecule has 0 saturated heterocycles. The summed E-state index contributed by atoms with van der Waals surface area (Å²) in [5.74, 6) is 0. The number of nitrogens with two attached hydrogens (primary N) is 1. The number of anilines is 1. The van der Waals surface area contributed by atoms with Crippen molar-refractivity contribution < 1.29 is 4.79 Å². The monoisotopic (exact) mass is 187 g/mol. The van der Waals surface area contributed by atoms with Gasteiger partial charge in [-0.05, 0) is 12.1 Å². The highest BCUT2D eigenvalue weighted by atomic mass is 16.1. The Hall–Kier alpha value is -2.10. The lowest BCUT2D eigenvalue weighted by Gasteiger charge is -2.00. The molecule has 4 nitrogen and oxygen atoms in total. The fourth-order valence-corrected chi connectivity index (χ4v) is 1.22. The Morgan fingerprint density at radius 2 is 2.29 bits per heavy atom. The van der Waals surface area contributed by atoms with E-state index < -0.39 is 0 Å². The summed E-state index contributed by atoms with van der Waals surface area (Å²) in [6.07, 6.45) is 4.06. The smallest absolute Gasteiger partial charge is 0.150 e. The summed E-state index contributed by atoms with van der Waals surface area (Å²) in [5, 5.41) is 4.04. The minimum atomic E-state index is 0.599. The van der Waals surface area contributed by atoms with Gasteiger partial charge in [0.15, 0.2) is 0 Å². The van der Waals surface area contributed by atoms with E-state index in [-0.39, 0.29) is 0 Å². The van der Waals surface area contributed by atoms with Gasteiger partial charge in [0, 0.05) is 5.56 Å². The van der Waals surface area contributed by atoms with Crippen LogP contribution in [0, 0.1) is 0 Å². The first-order chi connectivity index (χ1) is 6.79. The predicted molar refractivity (Wildman–Crippen MR) is 53.4 cm³/mol. The van der Waals surface area contributed by atoms with E-state index in [0.29, 0.717) is 11.3 Å². The number of carbonyl (C=O) groups is 1. The number of benzene rings is 1. The van der Waals surface area contributed by atoms with Gasteiger partial charge in [-0.3, -0.25) is 4.79 Å². The maximum absolute atomic E-state index is 10.5. The first-order valence-corrected chi connectivity index (χ1v) is 4.15. The Bertz CT molecular complexity index is 462. The fourth-order valence-electron chi connectivity index (χ4n) is 1.22. The van der Waals surface area contributed by atoms with Gasteiger partial charge >= 0.3 is 0 Å². The van der Waals surface area contributed by atoms with Crippen LogP contribution in [0.15, 0.2) is 36.7 Å². The van der Waals surface area contributed by atoms with Crippen LogP contribution in [0.1, 0.15) is 10.4 Å². The van der Waals surface area contributed by atoms with Crippen LogP contribution in [-0.4, -0.2) is 16.1 Å². The van der Waals surface area contributed by atoms with Crippen LogP contribution >= 0.6 is 0 Å². The summed E-state index contributed by atoms with van der Waals surface area (Å²) < 4.78 is 1.63. The number of rotatable bonds is 2. The van der Waals surface area contributed by atoms with Crippen molar-refractivity contribution >= 4 is 12.0 Å². The third-order valence-corrected chi connectivity index (χ3v) is 1.87. The molecule has 1 heterocycles. The van der Waals surface area contributed by atoms with Gasteiger partial charge in [-0.25, -0.2) is 4.68 Å². The highest BCUT2D eigenvalue weighted by Gasteiger charge is 1.98. The molecule has 0 unspecified atom stereocenters. The molecule has 0 saturated carbocycles. The van der Waals surface area contributed by atoms with E-state index in [1.54, 1.807) is 35.3 Å². The van der Waals surface area contributed by atoms with E-state index in [0.717, 1.165) is 12.0 Å². The molecule has 0 aliphatic carbocycles. The fraction of sp³-hybridized carbons (Fsp3) is 0. The zero-order valence-corrected chi connectivity index (χ0v) is 7.42. The number of aromatic nitrogens is 2. The number of nitrogens with zero attached hydrogens (tertiary/aromatic N) is 2. The molecular weight excluding hydrogens is 178 g/mol. The summed E-state index contributed by atoms with van der Waals surface area (Å²) in [7, 11) is 0. The number of aldehydes is 1. The zero-order chi connectivity index (χ0) is 9.97. The van der Waals surface area contributed by atoms with Crippen LogP contribution in [0.2, 0.25) is 0 Å². The van der Waals surface area contributed by atoms with Crippen molar-refractivity contribution in [2.45, 2.75) is 0 Å². The lowest BCUT2D eigenvalue weighted by molar-refractivity contribution is 0.112. The number of nitrogen functional groups attached to an aromatic ring is 1. The second kappa shape index (κ2) is 3.33. The second-order valence-electron chi connectivity index (χ2n) is 2.93. The van der Waals surface area contributed by atoms with Gasteiger partial charge in [-0.1, -0.05) is 12.1 Å². The molecular formula is C10H9N3O. The lowest BCUT2D eigenvalue weighted by atomic mass is 10.2. The summed E-state index contributed by atoms with van der Waals surface area (Å²) in [6, 6.07) is 7.15. The Morgan fingerprint density at radius 1 is 1.43 bits per heavy atom. The summed E-state index contributed by atoms with van der Waals surface area (Å²) in [5.41, 5.74) is 7.58. The van der Waals surface area contributed by atoms with Crippen LogP contribution in [-0.2, 0) is 0 Å². The van der Waals surface area contributed by atoms with Crippen LogP contribution < -0.4 is 5.73 Å². The summed E-state index contributed by atoms with van der Waals surface area (Å²) in [6.45, 7) is 0. The normalized spacial score (nSPS) is 10.0. The maximum Gasteiger partial charge on any atom is 0.150 e. The van der Waals surface area contributed by atoms with E-state index >= 15 is 0 Å². The molecule has 0 amide bonds. The Labute approximate surface area is 81.0 Å². The predicted octanol–water partition coefficient (Wildman–Crippen LogP) is 1.27. The molecule has 0 aliphatic heterocycles. The minimum Gasteiger partial charge on any atom is -0.396 e. The standard InChI is InChI=1S/C10H9N3O/c11-9-5-12-13(6-9)10-3-1-2-8(4-10)7-14/h1-7H,11H2. The lowest BCUT2D eigenvalue weighted by Crippen LogP contribution is -1.94. The molecule has 0 spiro atoms. The van der Waals surface area contributed by atoms with Crippen LogP contribution in [0.3, 0.4) is 0 Å². The van der Waals surface area contributed by atoms with Crippen molar-refractivity contribution in [3.05, 3.63) is 42.2 Å². The van der Waals surface area contributed by atoms with Gasteiger partial charge in [-0.2, -0.15) is 5.10 Å². The van der Waals surface area contributed by atoms with Crippen molar-refractivity contribution in [3.8, 4) is 5.69 Å².